The van der Waals surface area contributed by atoms with E-state index in [-0.39, 0.29) is 47.3 Å². The third kappa shape index (κ3) is 4.70. The van der Waals surface area contributed by atoms with Crippen molar-refractivity contribution in [1.82, 2.24) is 9.80 Å². The van der Waals surface area contributed by atoms with Crippen molar-refractivity contribution < 1.29 is 28.7 Å². The van der Waals surface area contributed by atoms with Crippen LogP contribution in [-0.2, 0) is 14.3 Å². The van der Waals surface area contributed by atoms with E-state index in [1.165, 1.54) is 23.1 Å². The Kier molecular flexibility index (Phi) is 6.55. The van der Waals surface area contributed by atoms with E-state index in [0.717, 1.165) is 0 Å². The molecular weight excluding hydrogens is 388 g/mol. The molecule has 2 aliphatic heterocycles. The molecule has 1 saturated heterocycles. The van der Waals surface area contributed by atoms with Crippen molar-refractivity contribution in [3.8, 4) is 0 Å². The van der Waals surface area contributed by atoms with Crippen LogP contribution in [0.3, 0.4) is 0 Å². The smallest absolute Gasteiger partial charge is 0.338 e. The number of benzene rings is 1. The molecular formula is C22H28N2O6. The summed E-state index contributed by atoms with van der Waals surface area (Å²) in [6.07, 6.45) is 0.556. The van der Waals surface area contributed by atoms with Gasteiger partial charge >= 0.3 is 5.97 Å². The number of carbonyl (C=O) groups is 4. The number of nitrogens with zero attached hydrogens (tertiary/aromatic N) is 2. The van der Waals surface area contributed by atoms with E-state index < -0.39 is 11.9 Å². The zero-order chi connectivity index (χ0) is 22.0. The summed E-state index contributed by atoms with van der Waals surface area (Å²) in [7, 11) is 0. The van der Waals surface area contributed by atoms with Crippen LogP contribution in [0.4, 0.5) is 0 Å². The predicted molar refractivity (Wildman–Crippen MR) is 108 cm³/mol. The zero-order valence-electron chi connectivity index (χ0n) is 17.8. The molecule has 1 aromatic rings. The molecule has 8 heteroatoms. The summed E-state index contributed by atoms with van der Waals surface area (Å²) >= 11 is 0. The molecule has 2 atom stereocenters. The number of carbonyl (C=O) groups excluding carboxylic acids is 4. The predicted octanol–water partition coefficient (Wildman–Crippen LogP) is 2.12. The molecule has 8 nitrogen and oxygen atoms in total. The highest BCUT2D eigenvalue weighted by Crippen LogP contribution is 2.25. The van der Waals surface area contributed by atoms with Crippen molar-refractivity contribution in [2.45, 2.75) is 46.3 Å². The SMILES string of the molecule is CC(C)CCN1C(=O)c2ccc(C(=O)OCC(=O)N3CC(C)OC(C)C3)cc2C1=O. The number of hydrogen-bond acceptors (Lipinski definition) is 6. The molecule has 162 valence electrons. The van der Waals surface area contributed by atoms with E-state index in [9.17, 15) is 19.2 Å². The van der Waals surface area contributed by atoms with Gasteiger partial charge in [0.2, 0.25) is 0 Å². The first kappa shape index (κ1) is 22.0. The number of hydrogen-bond donors (Lipinski definition) is 0. The minimum Gasteiger partial charge on any atom is -0.452 e. The van der Waals surface area contributed by atoms with Gasteiger partial charge in [-0.2, -0.15) is 0 Å². The fraction of sp³-hybridized carbons (Fsp3) is 0.545. The molecule has 3 amide bonds. The Morgan fingerprint density at radius 2 is 1.73 bits per heavy atom. The van der Waals surface area contributed by atoms with E-state index in [1.54, 1.807) is 4.90 Å². The Hall–Kier alpha value is -2.74. The summed E-state index contributed by atoms with van der Waals surface area (Å²) in [6.45, 7) is 8.66. The Morgan fingerprint density at radius 1 is 1.10 bits per heavy atom. The van der Waals surface area contributed by atoms with Gasteiger partial charge in [0, 0.05) is 19.6 Å². The van der Waals surface area contributed by atoms with Crippen LogP contribution in [0.5, 0.6) is 0 Å². The lowest BCUT2D eigenvalue weighted by Crippen LogP contribution is -2.49. The van der Waals surface area contributed by atoms with Gasteiger partial charge < -0.3 is 14.4 Å². The third-order valence-corrected chi connectivity index (χ3v) is 5.24. The topological polar surface area (TPSA) is 93.2 Å². The summed E-state index contributed by atoms with van der Waals surface area (Å²) in [5.74, 6) is -1.40. The lowest BCUT2D eigenvalue weighted by Gasteiger charge is -2.35. The maximum Gasteiger partial charge on any atom is 0.338 e. The molecule has 0 bridgehead atoms. The van der Waals surface area contributed by atoms with Crippen molar-refractivity contribution in [3.05, 3.63) is 34.9 Å². The maximum absolute atomic E-state index is 12.6. The average molecular weight is 416 g/mol. The van der Waals surface area contributed by atoms with Gasteiger partial charge in [-0.05, 0) is 44.4 Å². The molecule has 0 radical (unpaired) electrons. The fourth-order valence-electron chi connectivity index (χ4n) is 3.69. The van der Waals surface area contributed by atoms with Gasteiger partial charge in [-0.1, -0.05) is 13.8 Å². The quantitative estimate of drug-likeness (QED) is 0.521. The van der Waals surface area contributed by atoms with Crippen LogP contribution in [-0.4, -0.2) is 71.9 Å². The number of esters is 1. The number of ether oxygens (including phenoxy) is 2. The van der Waals surface area contributed by atoms with Crippen molar-refractivity contribution in [2.24, 2.45) is 5.92 Å². The van der Waals surface area contributed by atoms with Crippen LogP contribution in [0.1, 0.15) is 65.2 Å². The fourth-order valence-corrected chi connectivity index (χ4v) is 3.69. The van der Waals surface area contributed by atoms with Crippen LogP contribution in [0.15, 0.2) is 18.2 Å². The summed E-state index contributed by atoms with van der Waals surface area (Å²) in [5.41, 5.74) is 0.616. The monoisotopic (exact) mass is 416 g/mol. The second kappa shape index (κ2) is 8.95. The Balaban J connectivity index is 1.63. The molecule has 2 unspecified atom stereocenters. The van der Waals surface area contributed by atoms with Gasteiger partial charge in [-0.25, -0.2) is 4.79 Å². The van der Waals surface area contributed by atoms with Crippen LogP contribution >= 0.6 is 0 Å². The average Bonchev–Trinajstić information content (AvgIpc) is 2.93. The summed E-state index contributed by atoms with van der Waals surface area (Å²) in [5, 5.41) is 0. The van der Waals surface area contributed by atoms with Gasteiger partial charge in [-0.3, -0.25) is 19.3 Å². The highest BCUT2D eigenvalue weighted by molar-refractivity contribution is 6.22. The largest absolute Gasteiger partial charge is 0.452 e. The van der Waals surface area contributed by atoms with Gasteiger partial charge in [0.05, 0.1) is 28.9 Å². The minimum absolute atomic E-state index is 0.0766. The standard InChI is InChI=1S/C22H28N2O6/c1-13(2)7-8-24-20(26)17-6-5-16(9-18(17)21(24)27)22(28)29-12-19(25)23-10-14(3)30-15(4)11-23/h5-6,9,13-15H,7-8,10-12H2,1-4H3. The first-order chi connectivity index (χ1) is 14.2. The van der Waals surface area contributed by atoms with Crippen molar-refractivity contribution in [3.63, 3.8) is 0 Å². The highest BCUT2D eigenvalue weighted by Gasteiger charge is 2.36. The summed E-state index contributed by atoms with van der Waals surface area (Å²) in [6, 6.07) is 4.28. The van der Waals surface area contributed by atoms with Crippen molar-refractivity contribution in [2.75, 3.05) is 26.2 Å². The molecule has 3 rings (SSSR count). The first-order valence-corrected chi connectivity index (χ1v) is 10.3. The van der Waals surface area contributed by atoms with Crippen LogP contribution in [0.2, 0.25) is 0 Å². The molecule has 2 aliphatic rings. The van der Waals surface area contributed by atoms with Crippen molar-refractivity contribution in [1.29, 1.82) is 0 Å². The minimum atomic E-state index is -0.707. The second-order valence-corrected chi connectivity index (χ2v) is 8.34. The number of morpholine rings is 1. The molecule has 0 spiro atoms. The van der Waals surface area contributed by atoms with E-state index in [2.05, 4.69) is 0 Å². The Bertz CT molecular complexity index is 855. The molecule has 0 saturated carbocycles. The normalized spacial score (nSPS) is 21.2. The number of fused-ring (bicyclic) bond motifs is 1. The Labute approximate surface area is 176 Å². The van der Waals surface area contributed by atoms with Crippen molar-refractivity contribution >= 4 is 23.7 Å². The lowest BCUT2D eigenvalue weighted by atomic mass is 10.1. The van der Waals surface area contributed by atoms with Gasteiger partial charge in [0.1, 0.15) is 0 Å². The second-order valence-electron chi connectivity index (χ2n) is 8.34. The molecule has 30 heavy (non-hydrogen) atoms. The molecule has 0 N–H and O–H groups in total. The third-order valence-electron chi connectivity index (χ3n) is 5.24. The van der Waals surface area contributed by atoms with Crippen LogP contribution in [0.25, 0.3) is 0 Å². The summed E-state index contributed by atoms with van der Waals surface area (Å²) < 4.78 is 10.8. The zero-order valence-corrected chi connectivity index (χ0v) is 17.8. The summed E-state index contributed by atoms with van der Waals surface area (Å²) in [4.78, 5) is 52.7. The Morgan fingerprint density at radius 3 is 2.37 bits per heavy atom. The van der Waals surface area contributed by atoms with Gasteiger partial charge in [0.25, 0.3) is 17.7 Å². The molecule has 0 aromatic heterocycles. The van der Waals surface area contributed by atoms with E-state index in [1.807, 2.05) is 27.7 Å². The highest BCUT2D eigenvalue weighted by atomic mass is 16.5. The van der Waals surface area contributed by atoms with Crippen LogP contribution in [0, 0.1) is 5.92 Å². The van der Waals surface area contributed by atoms with Crippen LogP contribution < -0.4 is 0 Å². The van der Waals surface area contributed by atoms with E-state index >= 15 is 0 Å². The molecule has 2 heterocycles. The van der Waals surface area contributed by atoms with Gasteiger partial charge in [0.15, 0.2) is 6.61 Å². The van der Waals surface area contributed by atoms with E-state index in [0.29, 0.717) is 32.0 Å². The molecule has 0 aliphatic carbocycles. The number of imide groups is 1. The lowest BCUT2D eigenvalue weighted by molar-refractivity contribution is -0.146. The van der Waals surface area contributed by atoms with E-state index in [4.69, 9.17) is 9.47 Å². The first-order valence-electron chi connectivity index (χ1n) is 10.3. The maximum atomic E-state index is 12.6. The number of amides is 3. The molecule has 1 fully saturated rings. The molecule has 1 aromatic carbocycles. The van der Waals surface area contributed by atoms with Gasteiger partial charge in [-0.15, -0.1) is 0 Å². The number of rotatable bonds is 6.